The summed E-state index contributed by atoms with van der Waals surface area (Å²) < 4.78 is 5.44. The minimum atomic E-state index is 0.0523. The number of hydrogen-bond acceptors (Lipinski definition) is 4. The largest absolute Gasteiger partial charge is 0.395 e. The smallest absolute Gasteiger partial charge is 0.0966 e. The summed E-state index contributed by atoms with van der Waals surface area (Å²) in [5, 5.41) is 15.2. The van der Waals surface area contributed by atoms with E-state index >= 15 is 0 Å². The quantitative estimate of drug-likeness (QED) is 0.425. The Labute approximate surface area is 98.8 Å². The summed E-state index contributed by atoms with van der Waals surface area (Å²) in [5.74, 6) is 0.843. The Hall–Kier alpha value is -0.160. The van der Waals surface area contributed by atoms with E-state index in [0.717, 1.165) is 12.5 Å². The van der Waals surface area contributed by atoms with Crippen LogP contribution in [0.1, 0.15) is 32.1 Å². The van der Waals surface area contributed by atoms with Gasteiger partial charge >= 0.3 is 0 Å². The van der Waals surface area contributed by atoms with Crippen LogP contribution in [0.15, 0.2) is 0 Å². The average Bonchev–Trinajstić information content (AvgIpc) is 2.35. The number of likely N-dealkylation sites (N-methyl/N-ethyl adjacent to an activating group) is 1. The molecule has 4 heteroatoms. The topological polar surface area (TPSA) is 53.5 Å². The molecule has 0 aromatic heterocycles. The van der Waals surface area contributed by atoms with Crippen molar-refractivity contribution in [3.05, 3.63) is 0 Å². The third-order valence-corrected chi connectivity index (χ3v) is 3.31. The Morgan fingerprint density at radius 1 is 1.31 bits per heavy atom. The van der Waals surface area contributed by atoms with E-state index in [0.29, 0.717) is 13.3 Å². The first kappa shape index (κ1) is 13.9. The predicted molar refractivity (Wildman–Crippen MR) is 65.3 cm³/mol. The molecule has 1 unspecified atom stereocenters. The second kappa shape index (κ2) is 8.93. The summed E-state index contributed by atoms with van der Waals surface area (Å²) in [6.45, 7) is 2.35. The summed E-state index contributed by atoms with van der Waals surface area (Å²) in [6.07, 6.45) is 6.91. The highest BCUT2D eigenvalue weighted by Crippen LogP contribution is 2.22. The van der Waals surface area contributed by atoms with Gasteiger partial charge in [0.1, 0.15) is 0 Å². The van der Waals surface area contributed by atoms with Gasteiger partial charge in [0.05, 0.1) is 26.0 Å². The first-order chi connectivity index (χ1) is 7.86. The van der Waals surface area contributed by atoms with Crippen molar-refractivity contribution in [3.63, 3.8) is 0 Å². The minimum Gasteiger partial charge on any atom is -0.395 e. The molecule has 4 nitrogen and oxygen atoms in total. The molecular formula is C12H26N2O2. The second-order valence-electron chi connectivity index (χ2n) is 4.64. The van der Waals surface area contributed by atoms with E-state index in [2.05, 4.69) is 10.6 Å². The van der Waals surface area contributed by atoms with Gasteiger partial charge in [0.15, 0.2) is 0 Å². The number of aliphatic hydroxyl groups excluding tert-OH is 1. The highest BCUT2D eigenvalue weighted by Gasteiger charge is 2.12. The SMILES string of the molecule is CNC(CO)COCNCC1CCCCC1. The molecule has 1 fully saturated rings. The molecule has 1 aliphatic rings. The molecule has 3 N–H and O–H groups in total. The molecule has 96 valence electrons. The summed E-state index contributed by atoms with van der Waals surface area (Å²) in [6, 6.07) is 0.0523. The molecule has 1 atom stereocenters. The number of ether oxygens (including phenoxy) is 1. The van der Waals surface area contributed by atoms with Gasteiger partial charge < -0.3 is 15.2 Å². The molecule has 0 bridgehead atoms. The van der Waals surface area contributed by atoms with Crippen LogP contribution in [0.3, 0.4) is 0 Å². The lowest BCUT2D eigenvalue weighted by molar-refractivity contribution is 0.0761. The molecule has 0 radical (unpaired) electrons. The Morgan fingerprint density at radius 2 is 2.06 bits per heavy atom. The van der Waals surface area contributed by atoms with Crippen LogP contribution in [0.4, 0.5) is 0 Å². The summed E-state index contributed by atoms with van der Waals surface area (Å²) in [5.41, 5.74) is 0. The Kier molecular flexibility index (Phi) is 7.76. The zero-order valence-electron chi connectivity index (χ0n) is 10.4. The van der Waals surface area contributed by atoms with Gasteiger partial charge in [0.25, 0.3) is 0 Å². The fourth-order valence-corrected chi connectivity index (χ4v) is 2.15. The molecular weight excluding hydrogens is 204 g/mol. The molecule has 0 aromatic carbocycles. The summed E-state index contributed by atoms with van der Waals surface area (Å²) in [7, 11) is 1.83. The number of nitrogens with one attached hydrogen (secondary N) is 2. The third kappa shape index (κ3) is 5.80. The maximum atomic E-state index is 8.92. The highest BCUT2D eigenvalue weighted by molar-refractivity contribution is 4.67. The number of hydrogen-bond donors (Lipinski definition) is 3. The van der Waals surface area contributed by atoms with Crippen molar-refractivity contribution in [1.29, 1.82) is 0 Å². The van der Waals surface area contributed by atoms with Gasteiger partial charge in [-0.1, -0.05) is 19.3 Å². The Morgan fingerprint density at radius 3 is 2.69 bits per heavy atom. The molecule has 0 amide bonds. The third-order valence-electron chi connectivity index (χ3n) is 3.31. The fraction of sp³-hybridized carbons (Fsp3) is 1.00. The molecule has 0 heterocycles. The molecule has 0 spiro atoms. The second-order valence-corrected chi connectivity index (χ2v) is 4.64. The van der Waals surface area contributed by atoms with Crippen molar-refractivity contribution in [2.45, 2.75) is 38.1 Å². The first-order valence-electron chi connectivity index (χ1n) is 6.43. The van der Waals surface area contributed by atoms with Crippen molar-refractivity contribution < 1.29 is 9.84 Å². The molecule has 0 saturated heterocycles. The van der Waals surface area contributed by atoms with Crippen LogP contribution in [0.2, 0.25) is 0 Å². The lowest BCUT2D eigenvalue weighted by atomic mass is 9.89. The van der Waals surface area contributed by atoms with Crippen molar-refractivity contribution >= 4 is 0 Å². The average molecular weight is 230 g/mol. The zero-order valence-corrected chi connectivity index (χ0v) is 10.4. The van der Waals surface area contributed by atoms with Crippen LogP contribution in [-0.2, 0) is 4.74 Å². The zero-order chi connectivity index (χ0) is 11.6. The van der Waals surface area contributed by atoms with Gasteiger partial charge in [-0.15, -0.1) is 0 Å². The normalized spacial score (nSPS) is 19.9. The molecule has 16 heavy (non-hydrogen) atoms. The van der Waals surface area contributed by atoms with Crippen molar-refractivity contribution in [1.82, 2.24) is 10.6 Å². The van der Waals surface area contributed by atoms with Gasteiger partial charge in [0.2, 0.25) is 0 Å². The molecule has 0 aliphatic heterocycles. The highest BCUT2D eigenvalue weighted by atomic mass is 16.5. The van der Waals surface area contributed by atoms with Crippen molar-refractivity contribution in [2.24, 2.45) is 5.92 Å². The van der Waals surface area contributed by atoms with Gasteiger partial charge in [0, 0.05) is 6.54 Å². The van der Waals surface area contributed by atoms with Crippen LogP contribution < -0.4 is 10.6 Å². The minimum absolute atomic E-state index is 0.0523. The molecule has 1 aliphatic carbocycles. The van der Waals surface area contributed by atoms with E-state index in [4.69, 9.17) is 9.84 Å². The van der Waals surface area contributed by atoms with Crippen LogP contribution in [0.25, 0.3) is 0 Å². The van der Waals surface area contributed by atoms with Crippen molar-refractivity contribution in [3.8, 4) is 0 Å². The van der Waals surface area contributed by atoms with Crippen LogP contribution in [0, 0.1) is 5.92 Å². The van der Waals surface area contributed by atoms with E-state index in [-0.39, 0.29) is 12.6 Å². The van der Waals surface area contributed by atoms with Gasteiger partial charge in [-0.25, -0.2) is 0 Å². The van der Waals surface area contributed by atoms with E-state index in [1.54, 1.807) is 0 Å². The predicted octanol–water partition coefficient (Wildman–Crippen LogP) is 0.711. The lowest BCUT2D eigenvalue weighted by Gasteiger charge is -2.22. The summed E-state index contributed by atoms with van der Waals surface area (Å²) in [4.78, 5) is 0. The van der Waals surface area contributed by atoms with E-state index < -0.39 is 0 Å². The fourth-order valence-electron chi connectivity index (χ4n) is 2.15. The summed E-state index contributed by atoms with van der Waals surface area (Å²) >= 11 is 0. The molecule has 0 aromatic rings. The first-order valence-corrected chi connectivity index (χ1v) is 6.43. The number of aliphatic hydroxyl groups is 1. The maximum absolute atomic E-state index is 8.92. The van der Waals surface area contributed by atoms with Gasteiger partial charge in [-0.05, 0) is 25.8 Å². The number of rotatable bonds is 8. The van der Waals surface area contributed by atoms with E-state index in [1.165, 1.54) is 32.1 Å². The van der Waals surface area contributed by atoms with Crippen LogP contribution in [-0.4, -0.2) is 44.7 Å². The van der Waals surface area contributed by atoms with Crippen molar-refractivity contribution in [2.75, 3.05) is 33.5 Å². The van der Waals surface area contributed by atoms with E-state index in [1.807, 2.05) is 7.05 Å². The van der Waals surface area contributed by atoms with Crippen LogP contribution in [0.5, 0.6) is 0 Å². The Bertz CT molecular complexity index is 157. The molecule has 1 rings (SSSR count). The molecule has 1 saturated carbocycles. The van der Waals surface area contributed by atoms with Gasteiger partial charge in [-0.3, -0.25) is 5.32 Å². The van der Waals surface area contributed by atoms with E-state index in [9.17, 15) is 0 Å². The van der Waals surface area contributed by atoms with Gasteiger partial charge in [-0.2, -0.15) is 0 Å². The standard InChI is InChI=1S/C12H26N2O2/c1-13-12(8-15)9-16-10-14-7-11-5-3-2-4-6-11/h11-15H,2-10H2,1H3. The monoisotopic (exact) mass is 230 g/mol. The maximum Gasteiger partial charge on any atom is 0.0966 e. The Balaban J connectivity index is 1.90. The van der Waals surface area contributed by atoms with Crippen LogP contribution >= 0.6 is 0 Å². The lowest BCUT2D eigenvalue weighted by Crippen LogP contribution is -2.36.